The van der Waals surface area contributed by atoms with E-state index in [9.17, 15) is 28.2 Å². The Kier molecular flexibility index (Phi) is 8.47. The van der Waals surface area contributed by atoms with Crippen LogP contribution in [0.5, 0.6) is 0 Å². The Bertz CT molecular complexity index is 948. The van der Waals surface area contributed by atoms with Crippen molar-refractivity contribution in [1.82, 2.24) is 0 Å². The van der Waals surface area contributed by atoms with Gasteiger partial charge in [-0.05, 0) is 86.5 Å². The fourth-order valence-corrected chi connectivity index (χ4v) is 6.81. The predicted molar refractivity (Wildman–Crippen MR) is 135 cm³/mol. The van der Waals surface area contributed by atoms with Crippen molar-refractivity contribution in [2.24, 2.45) is 11.8 Å². The summed E-state index contributed by atoms with van der Waals surface area (Å²) >= 11 is 0. The number of alkyl halides is 3. The van der Waals surface area contributed by atoms with Gasteiger partial charge in [0, 0.05) is 18.4 Å². The maximum Gasteiger partial charge on any atom is 0.443 e. The van der Waals surface area contributed by atoms with Crippen LogP contribution >= 0.6 is 0 Å². The number of aliphatic hydroxyl groups is 2. The van der Waals surface area contributed by atoms with Crippen molar-refractivity contribution in [3.05, 3.63) is 12.2 Å². The SMILES string of the molecule is C=C(C)C(=O)OC1CCC(C(C)(C)OC2(C)COC(O)(C(F)(F)F)C2)C(C(C)(C)OC2(C)COC(C)(O)C2)C1. The fourth-order valence-electron chi connectivity index (χ4n) is 6.81. The molecule has 2 N–H and O–H groups in total. The molecule has 0 bridgehead atoms. The van der Waals surface area contributed by atoms with Gasteiger partial charge < -0.3 is 33.9 Å². The summed E-state index contributed by atoms with van der Waals surface area (Å²) in [7, 11) is 0. The third-order valence-corrected chi connectivity index (χ3v) is 8.29. The molecule has 3 fully saturated rings. The van der Waals surface area contributed by atoms with Crippen molar-refractivity contribution < 1.29 is 51.9 Å². The molecule has 226 valence electrons. The van der Waals surface area contributed by atoms with Gasteiger partial charge in [0.15, 0.2) is 5.79 Å². The minimum absolute atomic E-state index is 0.181. The molecule has 11 heteroatoms. The molecule has 3 aliphatic rings. The molecule has 39 heavy (non-hydrogen) atoms. The van der Waals surface area contributed by atoms with Gasteiger partial charge in [-0.25, -0.2) is 4.79 Å². The molecule has 1 saturated carbocycles. The van der Waals surface area contributed by atoms with E-state index in [1.165, 1.54) is 6.92 Å². The summed E-state index contributed by atoms with van der Waals surface area (Å²) in [6.45, 7) is 17.4. The van der Waals surface area contributed by atoms with Crippen LogP contribution in [0.4, 0.5) is 13.2 Å². The van der Waals surface area contributed by atoms with E-state index >= 15 is 0 Å². The monoisotopic (exact) mass is 566 g/mol. The van der Waals surface area contributed by atoms with E-state index < -0.39 is 65.3 Å². The van der Waals surface area contributed by atoms with Crippen LogP contribution in [0.25, 0.3) is 0 Å². The minimum Gasteiger partial charge on any atom is -0.459 e. The molecular weight excluding hydrogens is 521 g/mol. The van der Waals surface area contributed by atoms with Crippen LogP contribution in [0, 0.1) is 11.8 Å². The first-order valence-electron chi connectivity index (χ1n) is 13.5. The Hall–Kier alpha value is -1.24. The lowest BCUT2D eigenvalue weighted by Gasteiger charge is -2.52. The lowest BCUT2D eigenvalue weighted by atomic mass is 9.64. The molecule has 7 atom stereocenters. The Balaban J connectivity index is 1.87. The van der Waals surface area contributed by atoms with Gasteiger partial charge in [0.25, 0.3) is 5.79 Å². The van der Waals surface area contributed by atoms with E-state index in [1.807, 2.05) is 34.6 Å². The molecule has 0 aromatic heterocycles. The highest BCUT2D eigenvalue weighted by molar-refractivity contribution is 5.87. The van der Waals surface area contributed by atoms with Crippen molar-refractivity contribution in [1.29, 1.82) is 0 Å². The van der Waals surface area contributed by atoms with E-state index in [-0.39, 0.29) is 30.4 Å². The normalized spacial score (nSPS) is 40.1. The number of ether oxygens (including phenoxy) is 5. The average molecular weight is 567 g/mol. The molecule has 0 spiro atoms. The first-order valence-corrected chi connectivity index (χ1v) is 13.5. The number of carbonyl (C=O) groups is 1. The highest BCUT2D eigenvalue weighted by Gasteiger charge is 2.64. The second kappa shape index (κ2) is 10.2. The Morgan fingerprint density at radius 1 is 0.897 bits per heavy atom. The van der Waals surface area contributed by atoms with E-state index in [1.54, 1.807) is 13.8 Å². The van der Waals surface area contributed by atoms with Crippen LogP contribution in [0.15, 0.2) is 12.2 Å². The number of esters is 1. The first kappa shape index (κ1) is 32.3. The van der Waals surface area contributed by atoms with Gasteiger partial charge in [-0.2, -0.15) is 13.2 Å². The topological polar surface area (TPSA) is 104 Å². The molecule has 2 heterocycles. The molecule has 8 nitrogen and oxygen atoms in total. The Morgan fingerprint density at radius 3 is 1.87 bits per heavy atom. The van der Waals surface area contributed by atoms with Crippen molar-refractivity contribution in [3.8, 4) is 0 Å². The maximum atomic E-state index is 13.5. The minimum atomic E-state index is -4.96. The van der Waals surface area contributed by atoms with Gasteiger partial charge in [-0.1, -0.05) is 6.58 Å². The average Bonchev–Trinajstić information content (AvgIpc) is 3.20. The zero-order valence-corrected chi connectivity index (χ0v) is 24.4. The Labute approximate surface area is 229 Å². The molecule has 0 aromatic rings. The van der Waals surface area contributed by atoms with Gasteiger partial charge in [0.1, 0.15) is 6.10 Å². The highest BCUT2D eigenvalue weighted by Crippen LogP contribution is 2.52. The second-order valence-corrected chi connectivity index (χ2v) is 13.5. The van der Waals surface area contributed by atoms with E-state index in [0.29, 0.717) is 19.3 Å². The first-order chi connectivity index (χ1) is 17.4. The molecule has 0 radical (unpaired) electrons. The number of hydrogen-bond acceptors (Lipinski definition) is 8. The molecule has 3 rings (SSSR count). The van der Waals surface area contributed by atoms with Gasteiger partial charge in [-0.3, -0.25) is 0 Å². The lowest BCUT2D eigenvalue weighted by Crippen LogP contribution is -2.56. The molecule has 0 amide bonds. The summed E-state index contributed by atoms with van der Waals surface area (Å²) in [4.78, 5) is 12.3. The van der Waals surface area contributed by atoms with Crippen LogP contribution in [0.2, 0.25) is 0 Å². The van der Waals surface area contributed by atoms with Crippen molar-refractivity contribution in [2.45, 2.75) is 134 Å². The zero-order valence-electron chi connectivity index (χ0n) is 24.4. The molecule has 2 saturated heterocycles. The van der Waals surface area contributed by atoms with Crippen LogP contribution in [-0.2, 0) is 28.5 Å². The standard InChI is InChI=1S/C28H45F3O8/c1-17(2)21(32)37-18-10-11-19(20(12-18)23(5,6)39-24(7)13-26(9,33)35-15-24)22(3,4)38-25(8)14-27(34,36-16-25)28(29,30)31/h18-20,33-34H,1,10-16H2,2-9H3. The fraction of sp³-hybridized carbons (Fsp3) is 0.893. The molecule has 2 aliphatic heterocycles. The van der Waals surface area contributed by atoms with Gasteiger partial charge in [-0.15, -0.1) is 0 Å². The molecule has 7 unspecified atom stereocenters. The van der Waals surface area contributed by atoms with Crippen LogP contribution in [0.3, 0.4) is 0 Å². The van der Waals surface area contributed by atoms with Crippen molar-refractivity contribution in [2.75, 3.05) is 13.2 Å². The van der Waals surface area contributed by atoms with E-state index in [4.69, 9.17) is 23.7 Å². The largest absolute Gasteiger partial charge is 0.459 e. The van der Waals surface area contributed by atoms with E-state index in [2.05, 4.69) is 6.58 Å². The van der Waals surface area contributed by atoms with Gasteiger partial charge >= 0.3 is 12.1 Å². The summed E-state index contributed by atoms with van der Waals surface area (Å²) in [6, 6.07) is 0. The molecular formula is C28H45F3O8. The van der Waals surface area contributed by atoms with Crippen LogP contribution in [0.1, 0.15) is 87.5 Å². The van der Waals surface area contributed by atoms with Gasteiger partial charge in [0.05, 0.1) is 35.6 Å². The summed E-state index contributed by atoms with van der Waals surface area (Å²) in [5, 5.41) is 20.5. The predicted octanol–water partition coefficient (Wildman–Crippen LogP) is 4.80. The molecule has 0 aromatic carbocycles. The van der Waals surface area contributed by atoms with Crippen molar-refractivity contribution >= 4 is 5.97 Å². The summed E-state index contributed by atoms with van der Waals surface area (Å²) in [5.41, 5.74) is -3.70. The van der Waals surface area contributed by atoms with E-state index in [0.717, 1.165) is 0 Å². The maximum absolute atomic E-state index is 13.5. The molecule has 1 aliphatic carbocycles. The van der Waals surface area contributed by atoms with Crippen molar-refractivity contribution in [3.63, 3.8) is 0 Å². The number of rotatable bonds is 8. The van der Waals surface area contributed by atoms with Gasteiger partial charge in [0.2, 0.25) is 0 Å². The highest BCUT2D eigenvalue weighted by atomic mass is 19.4. The Morgan fingerprint density at radius 2 is 1.41 bits per heavy atom. The quantitative estimate of drug-likeness (QED) is 0.319. The van der Waals surface area contributed by atoms with Crippen LogP contribution < -0.4 is 0 Å². The smallest absolute Gasteiger partial charge is 0.443 e. The third-order valence-electron chi connectivity index (χ3n) is 8.29. The number of halogens is 3. The van der Waals surface area contributed by atoms with Crippen LogP contribution in [-0.4, -0.2) is 75.7 Å². The summed E-state index contributed by atoms with van der Waals surface area (Å²) < 4.78 is 69.5. The summed E-state index contributed by atoms with van der Waals surface area (Å²) in [6.07, 6.45) is -4.38. The second-order valence-electron chi connectivity index (χ2n) is 13.5. The zero-order chi connectivity index (χ0) is 29.9. The number of hydrogen-bond donors (Lipinski definition) is 2. The lowest BCUT2D eigenvalue weighted by molar-refractivity contribution is -0.349. The third kappa shape index (κ3) is 7.16. The number of carbonyl (C=O) groups excluding carboxylic acids is 1. The summed E-state index contributed by atoms with van der Waals surface area (Å²) in [5.74, 6) is -5.58.